The molecule has 0 amide bonds. The molecule has 0 spiro atoms. The molecule has 1 aromatic carbocycles. The van der Waals surface area contributed by atoms with Gasteiger partial charge in [0.2, 0.25) is 10.0 Å². The van der Waals surface area contributed by atoms with Gasteiger partial charge in [-0.3, -0.25) is 0 Å². The van der Waals surface area contributed by atoms with E-state index in [4.69, 9.17) is 4.74 Å². The van der Waals surface area contributed by atoms with Gasteiger partial charge in [-0.1, -0.05) is 6.07 Å². The summed E-state index contributed by atoms with van der Waals surface area (Å²) in [5, 5.41) is 0. The molecule has 23 heavy (non-hydrogen) atoms. The fourth-order valence-electron chi connectivity index (χ4n) is 2.82. The molecule has 0 saturated carbocycles. The Balaban J connectivity index is 2.19. The average Bonchev–Trinajstić information content (AvgIpc) is 2.96. The van der Waals surface area contributed by atoms with Crippen LogP contribution in [-0.4, -0.2) is 64.1 Å². The predicted molar refractivity (Wildman–Crippen MR) is 82.6 cm³/mol. The lowest BCUT2D eigenvalue weighted by molar-refractivity contribution is 0.151. The minimum Gasteiger partial charge on any atom is -0.383 e. The van der Waals surface area contributed by atoms with Gasteiger partial charge in [0, 0.05) is 32.8 Å². The zero-order valence-electron chi connectivity index (χ0n) is 13.3. The fourth-order valence-corrected chi connectivity index (χ4v) is 4.58. The summed E-state index contributed by atoms with van der Waals surface area (Å²) in [6.45, 7) is 2.07. The molecule has 130 valence electrons. The molecular weight excluding hydrogens is 326 g/mol. The molecule has 0 radical (unpaired) electrons. The second-order valence-corrected chi connectivity index (χ2v) is 7.58. The van der Waals surface area contributed by atoms with E-state index in [1.807, 2.05) is 11.9 Å². The van der Waals surface area contributed by atoms with Gasteiger partial charge in [0.25, 0.3) is 0 Å². The van der Waals surface area contributed by atoms with Crippen molar-refractivity contribution >= 4 is 10.0 Å². The Kier molecular flexibility index (Phi) is 6.07. The molecule has 1 aliphatic heterocycles. The van der Waals surface area contributed by atoms with Gasteiger partial charge >= 0.3 is 0 Å². The molecular formula is C15H22F2N2O3S. The van der Waals surface area contributed by atoms with E-state index in [1.165, 1.54) is 10.4 Å². The maximum absolute atomic E-state index is 13.9. The number of methoxy groups -OCH3 is 1. The van der Waals surface area contributed by atoms with Crippen LogP contribution in [0.2, 0.25) is 0 Å². The Morgan fingerprint density at radius 1 is 1.39 bits per heavy atom. The zero-order valence-corrected chi connectivity index (χ0v) is 14.2. The average molecular weight is 348 g/mol. The summed E-state index contributed by atoms with van der Waals surface area (Å²) in [6, 6.07) is 2.98. The van der Waals surface area contributed by atoms with Crippen LogP contribution >= 0.6 is 0 Å². The molecule has 0 bridgehead atoms. The normalized spacial score (nSPS) is 19.6. The lowest BCUT2D eigenvalue weighted by atomic mass is 10.2. The predicted octanol–water partition coefficient (Wildman–Crippen LogP) is 1.70. The van der Waals surface area contributed by atoms with Crippen LogP contribution in [0, 0.1) is 11.6 Å². The van der Waals surface area contributed by atoms with Crippen LogP contribution < -0.4 is 0 Å². The van der Waals surface area contributed by atoms with Gasteiger partial charge in [-0.25, -0.2) is 17.2 Å². The molecule has 5 nitrogen and oxygen atoms in total. The highest BCUT2D eigenvalue weighted by Gasteiger charge is 2.37. The Morgan fingerprint density at radius 2 is 2.13 bits per heavy atom. The molecule has 1 aromatic rings. The second-order valence-electron chi connectivity index (χ2n) is 5.72. The summed E-state index contributed by atoms with van der Waals surface area (Å²) >= 11 is 0. The number of benzene rings is 1. The number of hydrogen-bond acceptors (Lipinski definition) is 4. The Labute approximate surface area is 135 Å². The van der Waals surface area contributed by atoms with Crippen LogP contribution in [0.4, 0.5) is 8.78 Å². The smallest absolute Gasteiger partial charge is 0.246 e. The number of sulfonamides is 1. The first-order valence-electron chi connectivity index (χ1n) is 7.51. The van der Waals surface area contributed by atoms with Gasteiger partial charge in [-0.15, -0.1) is 0 Å². The molecule has 0 unspecified atom stereocenters. The molecule has 1 heterocycles. The summed E-state index contributed by atoms with van der Waals surface area (Å²) in [5.74, 6) is -2.47. The van der Waals surface area contributed by atoms with Crippen LogP contribution in [0.1, 0.15) is 12.8 Å². The molecule has 0 N–H and O–H groups in total. The van der Waals surface area contributed by atoms with Crippen LogP contribution in [-0.2, 0) is 14.8 Å². The highest BCUT2D eigenvalue weighted by atomic mass is 32.2. The molecule has 1 aliphatic rings. The molecule has 1 saturated heterocycles. The molecule has 8 heteroatoms. The van der Waals surface area contributed by atoms with Crippen molar-refractivity contribution in [2.24, 2.45) is 0 Å². The lowest BCUT2D eigenvalue weighted by Gasteiger charge is -2.28. The third-order valence-corrected chi connectivity index (χ3v) is 5.99. The number of hydrogen-bond donors (Lipinski definition) is 0. The van der Waals surface area contributed by atoms with Gasteiger partial charge < -0.3 is 9.64 Å². The van der Waals surface area contributed by atoms with E-state index in [2.05, 4.69) is 0 Å². The van der Waals surface area contributed by atoms with Crippen molar-refractivity contribution < 1.29 is 21.9 Å². The van der Waals surface area contributed by atoms with Crippen molar-refractivity contribution in [3.8, 4) is 0 Å². The van der Waals surface area contributed by atoms with E-state index in [-0.39, 0.29) is 6.04 Å². The third-order valence-electron chi connectivity index (χ3n) is 4.03. The Bertz CT molecular complexity index is 640. The van der Waals surface area contributed by atoms with Crippen molar-refractivity contribution in [1.29, 1.82) is 0 Å². The number of likely N-dealkylation sites (N-methyl/N-ethyl adjacent to an activating group) is 1. The number of nitrogens with zero attached hydrogens (tertiary/aromatic N) is 2. The summed E-state index contributed by atoms with van der Waals surface area (Å²) in [6.07, 6.45) is 1.41. The van der Waals surface area contributed by atoms with Gasteiger partial charge in [0.05, 0.1) is 6.61 Å². The Hall–Kier alpha value is -1.09. The van der Waals surface area contributed by atoms with E-state index < -0.39 is 26.6 Å². The van der Waals surface area contributed by atoms with Crippen molar-refractivity contribution in [2.75, 3.05) is 40.4 Å². The minimum atomic E-state index is -4.05. The molecule has 2 rings (SSSR count). The first-order chi connectivity index (χ1) is 10.9. The largest absolute Gasteiger partial charge is 0.383 e. The quantitative estimate of drug-likeness (QED) is 0.753. The maximum atomic E-state index is 13.9. The fraction of sp³-hybridized carbons (Fsp3) is 0.600. The topological polar surface area (TPSA) is 49.9 Å². The summed E-state index contributed by atoms with van der Waals surface area (Å²) in [7, 11) is -0.563. The SMILES string of the molecule is COCCN(C)C[C@H]1CCCN1S(=O)(=O)c1cccc(F)c1F. The van der Waals surface area contributed by atoms with Gasteiger partial charge in [-0.05, 0) is 32.0 Å². The highest BCUT2D eigenvalue weighted by Crippen LogP contribution is 2.28. The van der Waals surface area contributed by atoms with E-state index in [1.54, 1.807) is 7.11 Å². The maximum Gasteiger partial charge on any atom is 0.246 e. The van der Waals surface area contributed by atoms with Crippen molar-refractivity contribution in [3.63, 3.8) is 0 Å². The first-order valence-corrected chi connectivity index (χ1v) is 8.95. The molecule has 1 fully saturated rings. The standard InChI is InChI=1S/C15H22F2N2O3S/c1-18(9-10-22-2)11-12-5-4-8-19(12)23(20,21)14-7-3-6-13(16)15(14)17/h3,6-7,12H,4-5,8-11H2,1-2H3/t12-/m1/s1. The van der Waals surface area contributed by atoms with E-state index in [9.17, 15) is 17.2 Å². The zero-order chi connectivity index (χ0) is 17.0. The number of ether oxygens (including phenoxy) is 1. The van der Waals surface area contributed by atoms with Gasteiger partial charge in [-0.2, -0.15) is 4.31 Å². The van der Waals surface area contributed by atoms with Gasteiger partial charge in [0.1, 0.15) is 4.90 Å². The van der Waals surface area contributed by atoms with E-state index >= 15 is 0 Å². The second kappa shape index (κ2) is 7.65. The van der Waals surface area contributed by atoms with E-state index in [0.717, 1.165) is 12.1 Å². The van der Waals surface area contributed by atoms with Crippen molar-refractivity contribution in [1.82, 2.24) is 9.21 Å². The summed E-state index contributed by atoms with van der Waals surface area (Å²) < 4.78 is 58.9. The van der Waals surface area contributed by atoms with E-state index in [0.29, 0.717) is 39.1 Å². The van der Waals surface area contributed by atoms with Crippen LogP contribution in [0.3, 0.4) is 0 Å². The van der Waals surface area contributed by atoms with Crippen LogP contribution in [0.15, 0.2) is 23.1 Å². The van der Waals surface area contributed by atoms with Crippen LogP contribution in [0.5, 0.6) is 0 Å². The van der Waals surface area contributed by atoms with Crippen molar-refractivity contribution in [3.05, 3.63) is 29.8 Å². The first kappa shape index (κ1) is 18.3. The third kappa shape index (κ3) is 4.06. The summed E-state index contributed by atoms with van der Waals surface area (Å²) in [5.41, 5.74) is 0. The van der Waals surface area contributed by atoms with Crippen LogP contribution in [0.25, 0.3) is 0 Å². The highest BCUT2D eigenvalue weighted by molar-refractivity contribution is 7.89. The molecule has 1 atom stereocenters. The summed E-state index contributed by atoms with van der Waals surface area (Å²) in [4.78, 5) is 1.38. The number of halogens is 2. The minimum absolute atomic E-state index is 0.246. The monoisotopic (exact) mass is 348 g/mol. The molecule has 0 aliphatic carbocycles. The molecule has 0 aromatic heterocycles. The lowest BCUT2D eigenvalue weighted by Crippen LogP contribution is -2.43. The van der Waals surface area contributed by atoms with Crippen molar-refractivity contribution in [2.45, 2.75) is 23.8 Å². The number of rotatable bonds is 7. The Morgan fingerprint density at radius 3 is 2.83 bits per heavy atom. The van der Waals surface area contributed by atoms with Gasteiger partial charge in [0.15, 0.2) is 11.6 Å².